The Kier molecular flexibility index (Phi) is 5.54. The SMILES string of the molecule is CC(C)N(CC(O)C1OC2OC3(CCCCC3)OC2C1O)C(C)C. The summed E-state index contributed by atoms with van der Waals surface area (Å²) >= 11 is 0. The van der Waals surface area contributed by atoms with E-state index in [4.69, 9.17) is 14.2 Å². The van der Waals surface area contributed by atoms with Gasteiger partial charge in [-0.3, -0.25) is 4.90 Å². The first-order valence-electron chi connectivity index (χ1n) is 9.46. The average Bonchev–Trinajstić information content (AvgIpc) is 3.00. The number of rotatable bonds is 5. The topological polar surface area (TPSA) is 71.4 Å². The molecular formula is C18H33NO5. The van der Waals surface area contributed by atoms with Crippen LogP contribution in [-0.4, -0.2) is 70.2 Å². The van der Waals surface area contributed by atoms with Crippen LogP contribution in [0.4, 0.5) is 0 Å². The summed E-state index contributed by atoms with van der Waals surface area (Å²) < 4.78 is 18.0. The van der Waals surface area contributed by atoms with Gasteiger partial charge < -0.3 is 24.4 Å². The van der Waals surface area contributed by atoms with Gasteiger partial charge in [0.2, 0.25) is 0 Å². The number of hydrogen-bond donors (Lipinski definition) is 2. The standard InChI is InChI=1S/C18H33NO5/c1-11(2)19(12(3)4)10-13(20)15-14(21)16-17(22-15)24-18(23-16)8-6-5-7-9-18/h11-17,20-21H,5-10H2,1-4H3. The van der Waals surface area contributed by atoms with Gasteiger partial charge in [-0.1, -0.05) is 6.42 Å². The van der Waals surface area contributed by atoms with Crippen molar-refractivity contribution in [3.8, 4) is 0 Å². The number of nitrogens with zero attached hydrogens (tertiary/aromatic N) is 1. The molecule has 3 rings (SSSR count). The quantitative estimate of drug-likeness (QED) is 0.791. The molecule has 3 fully saturated rings. The lowest BCUT2D eigenvalue weighted by molar-refractivity contribution is -0.253. The lowest BCUT2D eigenvalue weighted by Gasteiger charge is -2.36. The van der Waals surface area contributed by atoms with Gasteiger partial charge in [0.1, 0.15) is 18.3 Å². The van der Waals surface area contributed by atoms with Crippen molar-refractivity contribution in [2.24, 2.45) is 0 Å². The van der Waals surface area contributed by atoms with Gasteiger partial charge >= 0.3 is 0 Å². The predicted molar refractivity (Wildman–Crippen MR) is 89.4 cm³/mol. The molecule has 1 aliphatic carbocycles. The molecule has 0 aromatic carbocycles. The summed E-state index contributed by atoms with van der Waals surface area (Å²) in [4.78, 5) is 2.19. The van der Waals surface area contributed by atoms with Crippen LogP contribution in [0.1, 0.15) is 59.8 Å². The maximum atomic E-state index is 10.6. The van der Waals surface area contributed by atoms with Crippen LogP contribution < -0.4 is 0 Å². The summed E-state index contributed by atoms with van der Waals surface area (Å²) in [5.74, 6) is -0.577. The van der Waals surface area contributed by atoms with Crippen LogP contribution in [0.2, 0.25) is 0 Å². The molecule has 5 unspecified atom stereocenters. The summed E-state index contributed by atoms with van der Waals surface area (Å²) in [6.07, 6.45) is 1.74. The fourth-order valence-corrected chi connectivity index (χ4v) is 4.35. The first-order valence-corrected chi connectivity index (χ1v) is 9.46. The average molecular weight is 343 g/mol. The van der Waals surface area contributed by atoms with Gasteiger partial charge in [-0.15, -0.1) is 0 Å². The van der Waals surface area contributed by atoms with E-state index in [2.05, 4.69) is 32.6 Å². The highest BCUT2D eigenvalue weighted by atomic mass is 16.8. The molecule has 0 aromatic rings. The molecule has 1 saturated carbocycles. The molecular weight excluding hydrogens is 310 g/mol. The molecule has 3 aliphatic rings. The molecule has 0 amide bonds. The van der Waals surface area contributed by atoms with Crippen LogP contribution >= 0.6 is 0 Å². The number of aliphatic hydroxyl groups is 2. The highest BCUT2D eigenvalue weighted by molar-refractivity contribution is 4.98. The number of aliphatic hydroxyl groups excluding tert-OH is 2. The minimum Gasteiger partial charge on any atom is -0.389 e. The fraction of sp³-hybridized carbons (Fsp3) is 1.00. The third-order valence-corrected chi connectivity index (χ3v) is 5.63. The van der Waals surface area contributed by atoms with Crippen molar-refractivity contribution in [1.82, 2.24) is 4.90 Å². The van der Waals surface area contributed by atoms with E-state index in [-0.39, 0.29) is 0 Å². The van der Waals surface area contributed by atoms with Gasteiger partial charge in [-0.05, 0) is 40.5 Å². The second-order valence-corrected chi connectivity index (χ2v) is 8.08. The number of hydrogen-bond acceptors (Lipinski definition) is 6. The zero-order chi connectivity index (χ0) is 17.5. The Morgan fingerprint density at radius 2 is 1.67 bits per heavy atom. The minimum atomic E-state index is -0.854. The van der Waals surface area contributed by atoms with Crippen molar-refractivity contribution in [1.29, 1.82) is 0 Å². The molecule has 5 atom stereocenters. The van der Waals surface area contributed by atoms with Crippen LogP contribution in [0.15, 0.2) is 0 Å². The van der Waals surface area contributed by atoms with Gasteiger partial charge in [0.15, 0.2) is 12.1 Å². The third kappa shape index (κ3) is 3.50. The van der Waals surface area contributed by atoms with Crippen LogP contribution in [0, 0.1) is 0 Å². The predicted octanol–water partition coefficient (Wildman–Crippen LogP) is 1.63. The van der Waals surface area contributed by atoms with Gasteiger partial charge in [-0.2, -0.15) is 0 Å². The molecule has 6 nitrogen and oxygen atoms in total. The third-order valence-electron chi connectivity index (χ3n) is 5.63. The molecule has 2 heterocycles. The normalized spacial score (nSPS) is 36.9. The van der Waals surface area contributed by atoms with Crippen molar-refractivity contribution in [3.05, 3.63) is 0 Å². The molecule has 0 aromatic heterocycles. The Labute approximate surface area is 145 Å². The lowest BCUT2D eigenvalue weighted by atomic mass is 9.94. The van der Waals surface area contributed by atoms with E-state index in [1.165, 1.54) is 6.42 Å². The number of ether oxygens (including phenoxy) is 3. The van der Waals surface area contributed by atoms with Crippen molar-refractivity contribution >= 4 is 0 Å². The Balaban J connectivity index is 1.60. The van der Waals surface area contributed by atoms with E-state index in [9.17, 15) is 10.2 Å². The molecule has 0 radical (unpaired) electrons. The van der Waals surface area contributed by atoms with Crippen LogP contribution in [0.5, 0.6) is 0 Å². The van der Waals surface area contributed by atoms with Crippen molar-refractivity contribution in [2.45, 2.75) is 108 Å². The highest BCUT2D eigenvalue weighted by Gasteiger charge is 2.58. The maximum absolute atomic E-state index is 10.6. The molecule has 140 valence electrons. The lowest BCUT2D eigenvalue weighted by Crippen LogP contribution is -2.49. The summed E-state index contributed by atoms with van der Waals surface area (Å²) in [5, 5.41) is 21.2. The van der Waals surface area contributed by atoms with E-state index in [0.29, 0.717) is 18.6 Å². The Bertz CT molecular complexity index is 416. The number of fused-ring (bicyclic) bond motifs is 1. The maximum Gasteiger partial charge on any atom is 0.190 e. The van der Waals surface area contributed by atoms with E-state index in [0.717, 1.165) is 25.7 Å². The second-order valence-electron chi connectivity index (χ2n) is 8.08. The van der Waals surface area contributed by atoms with E-state index in [1.54, 1.807) is 0 Å². The first kappa shape index (κ1) is 18.5. The zero-order valence-corrected chi connectivity index (χ0v) is 15.4. The highest BCUT2D eigenvalue weighted by Crippen LogP contribution is 2.45. The Hall–Kier alpha value is -0.240. The molecule has 2 aliphatic heterocycles. The molecule has 0 bridgehead atoms. The largest absolute Gasteiger partial charge is 0.389 e. The molecule has 24 heavy (non-hydrogen) atoms. The molecule has 1 spiro atoms. The van der Waals surface area contributed by atoms with Gasteiger partial charge in [-0.25, -0.2) is 0 Å². The van der Waals surface area contributed by atoms with Crippen LogP contribution in [0.3, 0.4) is 0 Å². The smallest absolute Gasteiger partial charge is 0.190 e. The van der Waals surface area contributed by atoms with Gasteiger partial charge in [0, 0.05) is 31.5 Å². The zero-order valence-electron chi connectivity index (χ0n) is 15.4. The summed E-state index contributed by atoms with van der Waals surface area (Å²) in [6, 6.07) is 0.631. The van der Waals surface area contributed by atoms with Gasteiger partial charge in [0.05, 0.1) is 6.10 Å². The van der Waals surface area contributed by atoms with Crippen LogP contribution in [-0.2, 0) is 14.2 Å². The molecule has 6 heteroatoms. The van der Waals surface area contributed by atoms with Gasteiger partial charge in [0.25, 0.3) is 0 Å². The van der Waals surface area contributed by atoms with Crippen molar-refractivity contribution in [2.75, 3.05) is 6.54 Å². The molecule has 2 saturated heterocycles. The summed E-state index contributed by atoms with van der Waals surface area (Å²) in [5.41, 5.74) is 0. The summed E-state index contributed by atoms with van der Waals surface area (Å²) in [7, 11) is 0. The second kappa shape index (κ2) is 7.17. The summed E-state index contributed by atoms with van der Waals surface area (Å²) in [6.45, 7) is 8.87. The van der Waals surface area contributed by atoms with E-state index in [1.807, 2.05) is 0 Å². The van der Waals surface area contributed by atoms with Crippen molar-refractivity contribution < 1.29 is 24.4 Å². The Morgan fingerprint density at radius 3 is 2.21 bits per heavy atom. The Morgan fingerprint density at radius 1 is 1.04 bits per heavy atom. The minimum absolute atomic E-state index is 0.315. The fourth-order valence-electron chi connectivity index (χ4n) is 4.35. The monoisotopic (exact) mass is 343 g/mol. The van der Waals surface area contributed by atoms with E-state index >= 15 is 0 Å². The van der Waals surface area contributed by atoms with Crippen molar-refractivity contribution in [3.63, 3.8) is 0 Å². The van der Waals surface area contributed by atoms with E-state index < -0.39 is 36.5 Å². The first-order chi connectivity index (χ1) is 11.3. The molecule has 2 N–H and O–H groups in total. The van der Waals surface area contributed by atoms with Crippen LogP contribution in [0.25, 0.3) is 0 Å².